The lowest BCUT2D eigenvalue weighted by atomic mass is 10.1. The van der Waals surface area contributed by atoms with E-state index in [1.807, 2.05) is 4.90 Å². The summed E-state index contributed by atoms with van der Waals surface area (Å²) < 4.78 is 44.8. The van der Waals surface area contributed by atoms with Crippen molar-refractivity contribution in [2.45, 2.75) is 6.18 Å². The fourth-order valence-corrected chi connectivity index (χ4v) is 3.36. The van der Waals surface area contributed by atoms with Crippen molar-refractivity contribution in [3.8, 4) is 5.88 Å². The van der Waals surface area contributed by atoms with Gasteiger partial charge >= 0.3 is 12.3 Å². The average molecular weight is 473 g/mol. The number of alkyl halides is 3. The Kier molecular flexibility index (Phi) is 6.52. The van der Waals surface area contributed by atoms with E-state index in [0.717, 1.165) is 6.07 Å². The summed E-state index contributed by atoms with van der Waals surface area (Å²) >= 11 is 0. The maximum absolute atomic E-state index is 13.2. The predicted molar refractivity (Wildman–Crippen MR) is 113 cm³/mol. The van der Waals surface area contributed by atoms with Crippen LogP contribution in [0.3, 0.4) is 0 Å². The molecule has 0 saturated carbocycles. The van der Waals surface area contributed by atoms with Gasteiger partial charge in [0.05, 0.1) is 11.1 Å². The molecule has 1 fully saturated rings. The highest BCUT2D eigenvalue weighted by Gasteiger charge is 2.36. The zero-order chi connectivity index (χ0) is 24.1. The van der Waals surface area contributed by atoms with Gasteiger partial charge in [-0.25, -0.2) is 4.79 Å². The minimum atomic E-state index is -4.61. The van der Waals surface area contributed by atoms with Crippen molar-refractivity contribution in [3.63, 3.8) is 0 Å². The molecule has 2 amide bonds. The van der Waals surface area contributed by atoms with Crippen LogP contribution in [0.2, 0.25) is 0 Å². The second kappa shape index (κ2) is 9.68. The van der Waals surface area contributed by atoms with Gasteiger partial charge in [0.15, 0.2) is 11.6 Å². The Morgan fingerprint density at radius 3 is 2.32 bits per heavy atom. The largest absolute Gasteiger partial charge is 0.419 e. The smallest absolute Gasteiger partial charge is 0.389 e. The van der Waals surface area contributed by atoms with Crippen LogP contribution in [0.1, 0.15) is 15.9 Å². The zero-order valence-corrected chi connectivity index (χ0v) is 17.6. The Balaban J connectivity index is 1.33. The van der Waals surface area contributed by atoms with E-state index in [2.05, 4.69) is 25.7 Å². The van der Waals surface area contributed by atoms with Crippen molar-refractivity contribution >= 4 is 23.6 Å². The number of hydrogen-bond donors (Lipinski definition) is 1. The van der Waals surface area contributed by atoms with Gasteiger partial charge < -0.3 is 14.5 Å². The van der Waals surface area contributed by atoms with E-state index in [9.17, 15) is 22.8 Å². The van der Waals surface area contributed by atoms with Gasteiger partial charge in [0.1, 0.15) is 0 Å². The van der Waals surface area contributed by atoms with E-state index in [1.165, 1.54) is 41.4 Å². The standard InChI is InChI=1S/C21H18F3N7O3/c22-21(23,24)15-5-2-1-4-14(15)19(32)31-12-10-30(11-13-31)17-7-8-18(29-28-17)34-20(33)26-16-6-3-9-25-27-16/h1-9H,10-13H2,(H,26,27,33). The summed E-state index contributed by atoms with van der Waals surface area (Å²) in [7, 11) is 0. The number of aromatic nitrogens is 4. The molecule has 3 heterocycles. The number of ether oxygens (including phenoxy) is 1. The molecular formula is C21H18F3N7O3. The zero-order valence-electron chi connectivity index (χ0n) is 17.6. The number of hydrogen-bond acceptors (Lipinski definition) is 8. The van der Waals surface area contributed by atoms with Crippen molar-refractivity contribution in [2.75, 3.05) is 36.4 Å². The van der Waals surface area contributed by atoms with Gasteiger partial charge in [-0.3, -0.25) is 10.1 Å². The molecule has 0 atom stereocenters. The molecule has 0 unspecified atom stereocenters. The Bertz CT molecular complexity index is 1150. The Morgan fingerprint density at radius 1 is 0.912 bits per heavy atom. The number of nitrogens with one attached hydrogen (secondary N) is 1. The minimum absolute atomic E-state index is 0.0392. The molecule has 1 aliphatic rings. The van der Waals surface area contributed by atoms with Gasteiger partial charge in [0.2, 0.25) is 5.88 Å². The third-order valence-electron chi connectivity index (χ3n) is 4.98. The molecule has 1 aromatic carbocycles. The molecule has 10 nitrogen and oxygen atoms in total. The van der Waals surface area contributed by atoms with Gasteiger partial charge in [-0.05, 0) is 30.3 Å². The van der Waals surface area contributed by atoms with Gasteiger partial charge in [-0.1, -0.05) is 12.1 Å². The quantitative estimate of drug-likeness (QED) is 0.616. The summed E-state index contributed by atoms with van der Waals surface area (Å²) in [4.78, 5) is 27.8. The first-order valence-electron chi connectivity index (χ1n) is 10.1. The topological polar surface area (TPSA) is 113 Å². The lowest BCUT2D eigenvalue weighted by Gasteiger charge is -2.35. The van der Waals surface area contributed by atoms with Crippen LogP contribution in [0.4, 0.5) is 29.6 Å². The van der Waals surface area contributed by atoms with Crippen LogP contribution < -0.4 is 15.0 Å². The second-order valence-corrected chi connectivity index (χ2v) is 7.18. The lowest BCUT2D eigenvalue weighted by Crippen LogP contribution is -2.49. The van der Waals surface area contributed by atoms with Crippen LogP contribution >= 0.6 is 0 Å². The molecule has 13 heteroatoms. The lowest BCUT2D eigenvalue weighted by molar-refractivity contribution is -0.138. The fourth-order valence-electron chi connectivity index (χ4n) is 3.36. The summed E-state index contributed by atoms with van der Waals surface area (Å²) in [6.07, 6.45) is -3.97. The Labute approximate surface area is 191 Å². The average Bonchev–Trinajstić information content (AvgIpc) is 2.84. The van der Waals surface area contributed by atoms with Crippen molar-refractivity contribution in [1.82, 2.24) is 25.3 Å². The monoisotopic (exact) mass is 473 g/mol. The second-order valence-electron chi connectivity index (χ2n) is 7.18. The first-order chi connectivity index (χ1) is 16.3. The van der Waals surface area contributed by atoms with Crippen molar-refractivity contribution < 1.29 is 27.5 Å². The van der Waals surface area contributed by atoms with Crippen molar-refractivity contribution in [2.24, 2.45) is 0 Å². The summed E-state index contributed by atoms with van der Waals surface area (Å²) in [6, 6.07) is 10.9. The molecule has 0 aliphatic carbocycles. The van der Waals surface area contributed by atoms with E-state index in [-0.39, 0.29) is 30.4 Å². The number of carbonyl (C=O) groups excluding carboxylic acids is 2. The number of rotatable bonds is 4. The minimum Gasteiger partial charge on any atom is -0.389 e. The van der Waals surface area contributed by atoms with Crippen LogP contribution in [0.5, 0.6) is 5.88 Å². The summed E-state index contributed by atoms with van der Waals surface area (Å²) in [5, 5.41) is 17.6. The summed E-state index contributed by atoms with van der Waals surface area (Å²) in [5.41, 5.74) is -1.32. The highest BCUT2D eigenvalue weighted by Crippen LogP contribution is 2.32. The number of nitrogens with zero attached hydrogens (tertiary/aromatic N) is 6. The van der Waals surface area contributed by atoms with Crippen LogP contribution in [-0.2, 0) is 6.18 Å². The number of piperazine rings is 1. The molecule has 1 N–H and O–H groups in total. The fraction of sp³-hybridized carbons (Fsp3) is 0.238. The highest BCUT2D eigenvalue weighted by atomic mass is 19.4. The molecule has 0 spiro atoms. The molecule has 2 aromatic heterocycles. The molecule has 1 aliphatic heterocycles. The molecule has 0 bridgehead atoms. The Morgan fingerprint density at radius 2 is 1.68 bits per heavy atom. The third kappa shape index (κ3) is 5.36. The van der Waals surface area contributed by atoms with Crippen LogP contribution in [-0.4, -0.2) is 63.5 Å². The SMILES string of the molecule is O=C(Nc1cccnn1)Oc1ccc(N2CCN(C(=O)c3ccccc3C(F)(F)F)CC2)nn1. The molecule has 1 saturated heterocycles. The molecular weight excluding hydrogens is 455 g/mol. The first-order valence-corrected chi connectivity index (χ1v) is 10.1. The summed E-state index contributed by atoms with van der Waals surface area (Å²) in [5.74, 6) is -0.0222. The van der Waals surface area contributed by atoms with Gasteiger partial charge in [-0.2, -0.15) is 18.3 Å². The van der Waals surface area contributed by atoms with Crippen LogP contribution in [0.15, 0.2) is 54.7 Å². The Hall–Kier alpha value is -4.29. The maximum atomic E-state index is 13.2. The third-order valence-corrected chi connectivity index (χ3v) is 4.98. The predicted octanol–water partition coefficient (Wildman–Crippen LogP) is 2.86. The van der Waals surface area contributed by atoms with Crippen LogP contribution in [0, 0.1) is 0 Å². The van der Waals surface area contributed by atoms with E-state index in [4.69, 9.17) is 4.74 Å². The molecule has 3 aromatic rings. The maximum Gasteiger partial charge on any atom is 0.419 e. The molecule has 176 valence electrons. The number of carbonyl (C=O) groups is 2. The van der Waals surface area contributed by atoms with Crippen molar-refractivity contribution in [3.05, 3.63) is 65.9 Å². The van der Waals surface area contributed by atoms with E-state index >= 15 is 0 Å². The first kappa shape index (κ1) is 22.9. The molecule has 4 rings (SSSR count). The molecule has 34 heavy (non-hydrogen) atoms. The number of benzene rings is 1. The van der Waals surface area contributed by atoms with Gasteiger partial charge in [-0.15, -0.1) is 15.3 Å². The van der Waals surface area contributed by atoms with Crippen LogP contribution in [0.25, 0.3) is 0 Å². The normalized spacial score (nSPS) is 14.0. The molecule has 0 radical (unpaired) electrons. The van der Waals surface area contributed by atoms with Crippen molar-refractivity contribution in [1.29, 1.82) is 0 Å². The number of amides is 2. The van der Waals surface area contributed by atoms with E-state index in [0.29, 0.717) is 18.9 Å². The number of anilines is 2. The van der Waals surface area contributed by atoms with Gasteiger partial charge in [0.25, 0.3) is 5.91 Å². The highest BCUT2D eigenvalue weighted by molar-refractivity contribution is 5.96. The van der Waals surface area contributed by atoms with E-state index in [1.54, 1.807) is 12.1 Å². The van der Waals surface area contributed by atoms with Gasteiger partial charge in [0, 0.05) is 38.4 Å². The summed E-state index contributed by atoms with van der Waals surface area (Å²) in [6.45, 7) is 1.13. The number of halogens is 3. The van der Waals surface area contributed by atoms with E-state index < -0.39 is 23.7 Å².